The van der Waals surface area contributed by atoms with E-state index in [-0.39, 0.29) is 5.52 Å². The molecule has 3 nitrogen and oxygen atoms in total. The van der Waals surface area contributed by atoms with Crippen LogP contribution in [0.25, 0.3) is 10.9 Å². The molecule has 16 heavy (non-hydrogen) atoms. The van der Waals surface area contributed by atoms with E-state index in [1.165, 1.54) is 6.07 Å². The fourth-order valence-corrected chi connectivity index (χ4v) is 1.48. The summed E-state index contributed by atoms with van der Waals surface area (Å²) in [6.07, 6.45) is -3.90. The Morgan fingerprint density at radius 2 is 2.06 bits per heavy atom. The summed E-state index contributed by atoms with van der Waals surface area (Å²) >= 11 is 0. The first-order valence-corrected chi connectivity index (χ1v) is 4.68. The lowest BCUT2D eigenvalue weighted by Gasteiger charge is -2.05. The lowest BCUT2D eigenvalue weighted by molar-refractivity contribution is -0.137. The zero-order valence-corrected chi connectivity index (χ0v) is 8.21. The van der Waals surface area contributed by atoms with Crippen molar-refractivity contribution in [3.63, 3.8) is 0 Å². The number of nitrogens with zero attached hydrogens (tertiary/aromatic N) is 1. The van der Waals surface area contributed by atoms with Crippen molar-refractivity contribution in [2.45, 2.75) is 12.6 Å². The van der Waals surface area contributed by atoms with Crippen LogP contribution in [0.1, 0.15) is 11.3 Å². The number of aromatic nitrogens is 1. The molecule has 2 aromatic rings. The molecule has 2 N–H and O–H groups in total. The molecule has 0 spiro atoms. The predicted molar refractivity (Wildman–Crippen MR) is 51.8 cm³/mol. The molecule has 0 saturated heterocycles. The van der Waals surface area contributed by atoms with Gasteiger partial charge in [-0.2, -0.15) is 13.2 Å². The highest BCUT2D eigenvalue weighted by atomic mass is 19.4. The highest BCUT2D eigenvalue weighted by molar-refractivity contribution is 5.81. The van der Waals surface area contributed by atoms with Crippen LogP contribution < -0.4 is 5.73 Å². The number of benzene rings is 1. The van der Waals surface area contributed by atoms with Crippen LogP contribution in [0.4, 0.5) is 13.2 Å². The lowest BCUT2D eigenvalue weighted by Crippen LogP contribution is -2.04. The van der Waals surface area contributed by atoms with Gasteiger partial charge >= 0.3 is 6.18 Å². The minimum atomic E-state index is -4.36. The van der Waals surface area contributed by atoms with E-state index in [0.717, 1.165) is 12.1 Å². The summed E-state index contributed by atoms with van der Waals surface area (Å²) in [4.78, 5) is 0. The molecule has 0 aliphatic heterocycles. The van der Waals surface area contributed by atoms with Crippen molar-refractivity contribution in [2.75, 3.05) is 6.54 Å². The van der Waals surface area contributed by atoms with E-state index >= 15 is 0 Å². The summed E-state index contributed by atoms with van der Waals surface area (Å²) < 4.78 is 42.1. The van der Waals surface area contributed by atoms with Gasteiger partial charge in [0, 0.05) is 11.8 Å². The molecule has 2 rings (SSSR count). The molecular weight excluding hydrogens is 221 g/mol. The van der Waals surface area contributed by atoms with Gasteiger partial charge in [-0.25, -0.2) is 0 Å². The quantitative estimate of drug-likeness (QED) is 0.861. The van der Waals surface area contributed by atoms with Crippen LogP contribution in [-0.4, -0.2) is 11.7 Å². The Balaban J connectivity index is 2.49. The molecule has 6 heteroatoms. The summed E-state index contributed by atoms with van der Waals surface area (Å²) in [5.41, 5.74) is 4.82. The van der Waals surface area contributed by atoms with E-state index in [9.17, 15) is 13.2 Å². The second-order valence-corrected chi connectivity index (χ2v) is 3.37. The van der Waals surface area contributed by atoms with Crippen LogP contribution in [0.3, 0.4) is 0 Å². The minimum Gasteiger partial charge on any atom is -0.360 e. The highest BCUT2D eigenvalue weighted by Crippen LogP contribution is 2.31. The Morgan fingerprint density at radius 1 is 1.31 bits per heavy atom. The third-order valence-electron chi connectivity index (χ3n) is 2.25. The summed E-state index contributed by atoms with van der Waals surface area (Å²) in [5.74, 6) is 0.520. The largest absolute Gasteiger partial charge is 0.416 e. The van der Waals surface area contributed by atoms with Gasteiger partial charge in [-0.3, -0.25) is 0 Å². The fraction of sp³-hybridized carbons (Fsp3) is 0.300. The maximum atomic E-state index is 12.4. The van der Waals surface area contributed by atoms with E-state index in [2.05, 4.69) is 5.16 Å². The highest BCUT2D eigenvalue weighted by Gasteiger charge is 2.31. The van der Waals surface area contributed by atoms with Gasteiger partial charge in [0.15, 0.2) is 0 Å². The van der Waals surface area contributed by atoms with Gasteiger partial charge in [-0.1, -0.05) is 5.16 Å². The SMILES string of the molecule is NCCc1onc2cc(C(F)(F)F)ccc12. The fourth-order valence-electron chi connectivity index (χ4n) is 1.48. The van der Waals surface area contributed by atoms with Gasteiger partial charge in [-0.05, 0) is 24.7 Å². The van der Waals surface area contributed by atoms with Gasteiger partial charge in [-0.15, -0.1) is 0 Å². The second-order valence-electron chi connectivity index (χ2n) is 3.37. The summed E-state index contributed by atoms with van der Waals surface area (Å²) in [6.45, 7) is 0.366. The maximum Gasteiger partial charge on any atom is 0.416 e. The Hall–Kier alpha value is -1.56. The third-order valence-corrected chi connectivity index (χ3v) is 2.25. The van der Waals surface area contributed by atoms with Gasteiger partial charge in [0.1, 0.15) is 11.3 Å². The topological polar surface area (TPSA) is 52.0 Å². The van der Waals surface area contributed by atoms with Gasteiger partial charge in [0.25, 0.3) is 0 Å². The third kappa shape index (κ3) is 1.88. The first-order chi connectivity index (χ1) is 7.52. The van der Waals surface area contributed by atoms with E-state index in [1.807, 2.05) is 0 Å². The summed E-state index contributed by atoms with van der Waals surface area (Å²) in [5, 5.41) is 4.16. The molecule has 0 bridgehead atoms. The average Bonchev–Trinajstić information content (AvgIpc) is 2.60. The Kier molecular flexibility index (Phi) is 2.59. The van der Waals surface area contributed by atoms with E-state index < -0.39 is 11.7 Å². The number of alkyl halides is 3. The van der Waals surface area contributed by atoms with Gasteiger partial charge in [0.05, 0.1) is 5.56 Å². The smallest absolute Gasteiger partial charge is 0.360 e. The van der Waals surface area contributed by atoms with E-state index in [4.69, 9.17) is 10.3 Å². The zero-order valence-electron chi connectivity index (χ0n) is 8.21. The molecule has 0 radical (unpaired) electrons. The predicted octanol–water partition coefficient (Wildman–Crippen LogP) is 2.35. The van der Waals surface area contributed by atoms with Gasteiger partial charge in [0.2, 0.25) is 0 Å². The Labute approximate surface area is 89.0 Å². The van der Waals surface area contributed by atoms with Crippen LogP contribution in [0.5, 0.6) is 0 Å². The number of hydrogen-bond acceptors (Lipinski definition) is 3. The van der Waals surface area contributed by atoms with Crippen LogP contribution in [0.2, 0.25) is 0 Å². The second kappa shape index (κ2) is 3.79. The minimum absolute atomic E-state index is 0.207. The Bertz CT molecular complexity index is 504. The normalized spacial score (nSPS) is 12.2. The molecule has 0 atom stereocenters. The van der Waals surface area contributed by atoms with Crippen molar-refractivity contribution in [3.8, 4) is 0 Å². The van der Waals surface area contributed by atoms with Gasteiger partial charge < -0.3 is 10.3 Å². The van der Waals surface area contributed by atoms with Crippen molar-refractivity contribution < 1.29 is 17.7 Å². The standard InChI is InChI=1S/C10H9F3N2O/c11-10(12,13)6-1-2-7-8(5-6)15-16-9(7)3-4-14/h1-2,5H,3-4,14H2. The molecule has 1 aromatic carbocycles. The van der Waals surface area contributed by atoms with Crippen molar-refractivity contribution in [3.05, 3.63) is 29.5 Å². The number of halogens is 3. The molecule has 0 unspecified atom stereocenters. The number of nitrogens with two attached hydrogens (primary N) is 1. The van der Waals surface area contributed by atoms with Crippen molar-refractivity contribution >= 4 is 10.9 Å². The summed E-state index contributed by atoms with van der Waals surface area (Å²) in [6, 6.07) is 3.35. The van der Waals surface area contributed by atoms with Crippen LogP contribution in [0, 0.1) is 0 Å². The number of rotatable bonds is 2. The average molecular weight is 230 g/mol. The molecule has 0 aliphatic rings. The first-order valence-electron chi connectivity index (χ1n) is 4.68. The Morgan fingerprint density at radius 3 is 2.69 bits per heavy atom. The van der Waals surface area contributed by atoms with Crippen molar-refractivity contribution in [1.29, 1.82) is 0 Å². The maximum absolute atomic E-state index is 12.4. The molecule has 1 aromatic heterocycles. The first kappa shape index (κ1) is 10.9. The van der Waals surface area contributed by atoms with Crippen LogP contribution in [-0.2, 0) is 12.6 Å². The molecular formula is C10H9F3N2O. The zero-order chi connectivity index (χ0) is 11.8. The molecule has 1 heterocycles. The summed E-state index contributed by atoms with van der Waals surface area (Å²) in [7, 11) is 0. The molecule has 0 aliphatic carbocycles. The van der Waals surface area contributed by atoms with Crippen molar-refractivity contribution in [1.82, 2.24) is 5.16 Å². The molecule has 0 fully saturated rings. The number of fused-ring (bicyclic) bond motifs is 1. The number of hydrogen-bond donors (Lipinski definition) is 1. The van der Waals surface area contributed by atoms with E-state index in [1.54, 1.807) is 0 Å². The molecule has 86 valence electrons. The van der Waals surface area contributed by atoms with Crippen LogP contribution in [0.15, 0.2) is 22.7 Å². The lowest BCUT2D eigenvalue weighted by atomic mass is 10.1. The van der Waals surface area contributed by atoms with E-state index in [0.29, 0.717) is 24.1 Å². The van der Waals surface area contributed by atoms with Crippen molar-refractivity contribution in [2.24, 2.45) is 5.73 Å². The van der Waals surface area contributed by atoms with Crippen LogP contribution >= 0.6 is 0 Å². The monoisotopic (exact) mass is 230 g/mol. The molecule has 0 saturated carbocycles. The molecule has 0 amide bonds.